The Hall–Kier alpha value is -2.58. The molecule has 6 nitrogen and oxygen atoms in total. The van der Waals surface area contributed by atoms with E-state index in [4.69, 9.17) is 9.72 Å². The number of halogens is 1. The maximum atomic E-state index is 13.5. The van der Waals surface area contributed by atoms with E-state index >= 15 is 0 Å². The molecule has 33 heavy (non-hydrogen) atoms. The van der Waals surface area contributed by atoms with Gasteiger partial charge in [-0.05, 0) is 55.4 Å². The lowest BCUT2D eigenvalue weighted by molar-refractivity contribution is -0.120. The zero-order valence-corrected chi connectivity index (χ0v) is 19.5. The second kappa shape index (κ2) is 10.1. The molecule has 1 aliphatic heterocycles. The Balaban J connectivity index is 1.30. The lowest BCUT2D eigenvalue weighted by Gasteiger charge is -2.22. The van der Waals surface area contributed by atoms with Crippen molar-refractivity contribution >= 4 is 17.2 Å². The summed E-state index contributed by atoms with van der Waals surface area (Å²) >= 11 is 1.52. The number of amides is 1. The summed E-state index contributed by atoms with van der Waals surface area (Å²) in [6.07, 6.45) is 7.81. The van der Waals surface area contributed by atoms with E-state index in [2.05, 4.69) is 10.4 Å². The van der Waals surface area contributed by atoms with Crippen molar-refractivity contribution in [3.05, 3.63) is 47.4 Å². The van der Waals surface area contributed by atoms with Crippen molar-refractivity contribution in [2.75, 3.05) is 19.8 Å². The van der Waals surface area contributed by atoms with Crippen LogP contribution in [0.5, 0.6) is 0 Å². The number of thiazole rings is 1. The van der Waals surface area contributed by atoms with Crippen molar-refractivity contribution in [3.63, 3.8) is 0 Å². The molecule has 174 valence electrons. The highest BCUT2D eigenvalue weighted by Gasteiger charge is 2.23. The Labute approximate surface area is 197 Å². The number of benzene rings is 1. The number of carbonyl (C=O) groups is 1. The van der Waals surface area contributed by atoms with Crippen molar-refractivity contribution in [1.29, 1.82) is 0 Å². The fraction of sp³-hybridized carbons (Fsp3) is 0.480. The lowest BCUT2D eigenvalue weighted by Crippen LogP contribution is -2.33. The summed E-state index contributed by atoms with van der Waals surface area (Å²) in [4.78, 5) is 17.2. The molecule has 2 fully saturated rings. The van der Waals surface area contributed by atoms with Gasteiger partial charge >= 0.3 is 0 Å². The molecule has 1 N–H and O–H groups in total. The molecule has 5 rings (SSSR count). The maximum Gasteiger partial charge on any atom is 0.226 e. The number of carbonyl (C=O) groups excluding carboxylic acids is 1. The van der Waals surface area contributed by atoms with Gasteiger partial charge in [0.25, 0.3) is 0 Å². The average molecular weight is 469 g/mol. The summed E-state index contributed by atoms with van der Waals surface area (Å²) in [6, 6.07) is 6.55. The molecular formula is C25H29FN4O2S. The predicted octanol–water partition coefficient (Wildman–Crippen LogP) is 4.70. The number of aromatic nitrogens is 3. The second-order valence-corrected chi connectivity index (χ2v) is 9.91. The molecule has 1 saturated heterocycles. The molecule has 1 aliphatic carbocycles. The molecule has 2 aromatic heterocycles. The molecular weight excluding hydrogens is 439 g/mol. The first-order chi connectivity index (χ1) is 16.2. The summed E-state index contributed by atoms with van der Waals surface area (Å²) in [5, 5.41) is 10.5. The summed E-state index contributed by atoms with van der Waals surface area (Å²) < 4.78 is 20.9. The van der Waals surface area contributed by atoms with Crippen LogP contribution in [0.25, 0.3) is 21.8 Å². The van der Waals surface area contributed by atoms with Crippen LogP contribution < -0.4 is 5.32 Å². The topological polar surface area (TPSA) is 69.0 Å². The van der Waals surface area contributed by atoms with Gasteiger partial charge in [0.15, 0.2) is 0 Å². The Morgan fingerprint density at radius 1 is 1.15 bits per heavy atom. The van der Waals surface area contributed by atoms with Gasteiger partial charge in [0.05, 0.1) is 29.6 Å². The van der Waals surface area contributed by atoms with Crippen LogP contribution in [0.4, 0.5) is 4.39 Å². The number of hydrogen-bond donors (Lipinski definition) is 1. The van der Waals surface area contributed by atoms with Gasteiger partial charge in [0.2, 0.25) is 5.91 Å². The van der Waals surface area contributed by atoms with Gasteiger partial charge < -0.3 is 10.1 Å². The highest BCUT2D eigenvalue weighted by molar-refractivity contribution is 7.13. The summed E-state index contributed by atoms with van der Waals surface area (Å²) in [5.41, 5.74) is 3.57. The molecule has 2 aliphatic rings. The third kappa shape index (κ3) is 5.68. The Bertz CT molecular complexity index is 1080. The highest BCUT2D eigenvalue weighted by atomic mass is 32.1. The molecule has 0 unspecified atom stereocenters. The zero-order chi connectivity index (χ0) is 22.6. The minimum absolute atomic E-state index is 0.00257. The Morgan fingerprint density at radius 2 is 1.94 bits per heavy atom. The Kier molecular flexibility index (Phi) is 6.83. The SMILES string of the molecule is O=C(Cc1csc(-c2cnn(CCC3CC3)c2-c2ccc(F)cc2)n1)NCC1CCOCC1. The smallest absolute Gasteiger partial charge is 0.226 e. The van der Waals surface area contributed by atoms with Gasteiger partial charge in [-0.25, -0.2) is 9.37 Å². The van der Waals surface area contributed by atoms with Gasteiger partial charge in [-0.2, -0.15) is 5.10 Å². The summed E-state index contributed by atoms with van der Waals surface area (Å²) in [6.45, 7) is 3.09. The van der Waals surface area contributed by atoms with Gasteiger partial charge in [0, 0.05) is 37.2 Å². The van der Waals surface area contributed by atoms with Crippen LogP contribution in [0.3, 0.4) is 0 Å². The minimum atomic E-state index is -0.257. The first-order valence-corrected chi connectivity index (χ1v) is 12.6. The second-order valence-electron chi connectivity index (χ2n) is 9.05. The van der Waals surface area contributed by atoms with E-state index in [-0.39, 0.29) is 18.1 Å². The standard InChI is InChI=1S/C25H29FN4O2S/c26-20-5-3-19(4-6-20)24-22(15-28-30(24)10-7-17-1-2-17)25-29-21(16-33-25)13-23(31)27-14-18-8-11-32-12-9-18/h3-6,15-18H,1-2,7-14H2,(H,27,31). The third-order valence-corrected chi connectivity index (χ3v) is 7.38. The van der Waals surface area contributed by atoms with Crippen LogP contribution in [0.15, 0.2) is 35.8 Å². The number of hydrogen-bond acceptors (Lipinski definition) is 5. The summed E-state index contributed by atoms with van der Waals surface area (Å²) in [7, 11) is 0. The molecule has 3 aromatic rings. The maximum absolute atomic E-state index is 13.5. The largest absolute Gasteiger partial charge is 0.381 e. The van der Waals surface area contributed by atoms with Gasteiger partial charge in [-0.15, -0.1) is 11.3 Å². The summed E-state index contributed by atoms with van der Waals surface area (Å²) in [5.74, 6) is 1.03. The number of nitrogens with one attached hydrogen (secondary N) is 1. The van der Waals surface area contributed by atoms with Crippen LogP contribution in [0.1, 0.15) is 37.8 Å². The molecule has 0 radical (unpaired) electrons. The van der Waals surface area contributed by atoms with E-state index in [0.717, 1.165) is 72.5 Å². The van der Waals surface area contributed by atoms with Crippen molar-refractivity contribution in [2.45, 2.75) is 45.1 Å². The van der Waals surface area contributed by atoms with E-state index < -0.39 is 0 Å². The molecule has 0 spiro atoms. The van der Waals surface area contributed by atoms with Crippen molar-refractivity contribution in [2.24, 2.45) is 11.8 Å². The van der Waals surface area contributed by atoms with Crippen LogP contribution in [0, 0.1) is 17.7 Å². The molecule has 1 saturated carbocycles. The highest BCUT2D eigenvalue weighted by Crippen LogP contribution is 2.37. The molecule has 1 aromatic carbocycles. The van der Waals surface area contributed by atoms with Gasteiger partial charge in [0.1, 0.15) is 10.8 Å². The molecule has 3 heterocycles. The molecule has 0 bridgehead atoms. The van der Waals surface area contributed by atoms with Crippen LogP contribution in [-0.2, 0) is 22.5 Å². The fourth-order valence-corrected chi connectivity index (χ4v) is 5.11. The van der Waals surface area contributed by atoms with Gasteiger partial charge in [-0.1, -0.05) is 12.8 Å². The fourth-order valence-electron chi connectivity index (χ4n) is 4.28. The number of ether oxygens (including phenoxy) is 1. The van der Waals surface area contributed by atoms with E-state index in [1.165, 1.54) is 36.3 Å². The van der Waals surface area contributed by atoms with Crippen molar-refractivity contribution < 1.29 is 13.9 Å². The van der Waals surface area contributed by atoms with E-state index in [1.54, 1.807) is 12.1 Å². The van der Waals surface area contributed by atoms with Crippen LogP contribution in [-0.4, -0.2) is 40.4 Å². The van der Waals surface area contributed by atoms with E-state index in [9.17, 15) is 9.18 Å². The van der Waals surface area contributed by atoms with Gasteiger partial charge in [-0.3, -0.25) is 9.48 Å². The quantitative estimate of drug-likeness (QED) is 0.494. The Morgan fingerprint density at radius 3 is 2.70 bits per heavy atom. The number of rotatable bonds is 9. The molecule has 1 amide bonds. The number of aryl methyl sites for hydroxylation is 1. The molecule has 8 heteroatoms. The normalized spacial score (nSPS) is 16.8. The predicted molar refractivity (Wildman–Crippen MR) is 126 cm³/mol. The number of nitrogens with zero attached hydrogens (tertiary/aromatic N) is 3. The van der Waals surface area contributed by atoms with E-state index in [0.29, 0.717) is 12.5 Å². The minimum Gasteiger partial charge on any atom is -0.381 e. The third-order valence-electron chi connectivity index (χ3n) is 6.46. The molecule has 0 atom stereocenters. The first-order valence-electron chi connectivity index (χ1n) is 11.8. The first kappa shape index (κ1) is 22.2. The lowest BCUT2D eigenvalue weighted by atomic mass is 10.0. The van der Waals surface area contributed by atoms with Crippen molar-refractivity contribution in [3.8, 4) is 21.8 Å². The monoisotopic (exact) mass is 468 g/mol. The van der Waals surface area contributed by atoms with Crippen LogP contribution >= 0.6 is 11.3 Å². The van der Waals surface area contributed by atoms with Crippen LogP contribution in [0.2, 0.25) is 0 Å². The zero-order valence-electron chi connectivity index (χ0n) is 18.6. The van der Waals surface area contributed by atoms with E-state index in [1.807, 2.05) is 16.3 Å². The average Bonchev–Trinajstić information content (AvgIpc) is 3.39. The van der Waals surface area contributed by atoms with Crippen molar-refractivity contribution in [1.82, 2.24) is 20.1 Å².